The molecule has 1 aromatic heterocycles. The van der Waals surface area contributed by atoms with Gasteiger partial charge in [-0.1, -0.05) is 0 Å². The average molecular weight is 521 g/mol. The Morgan fingerprint density at radius 2 is 1.84 bits per heavy atom. The maximum absolute atomic E-state index is 13.3. The van der Waals surface area contributed by atoms with Crippen LogP contribution < -0.4 is 20.3 Å². The van der Waals surface area contributed by atoms with E-state index in [9.17, 15) is 9.59 Å². The number of ether oxygens (including phenoxy) is 1. The Labute approximate surface area is 223 Å². The Hall–Kier alpha value is -3.70. The molecule has 4 heterocycles. The fraction of sp³-hybridized carbons (Fsp3) is 0.481. The first kappa shape index (κ1) is 25.9. The number of aromatic nitrogens is 2. The van der Waals surface area contributed by atoms with E-state index in [0.717, 1.165) is 57.8 Å². The minimum atomic E-state index is -0.220. The summed E-state index contributed by atoms with van der Waals surface area (Å²) in [6.07, 6.45) is 5.10. The second kappa shape index (κ2) is 11.0. The number of carbonyl (C=O) groups is 2. The van der Waals surface area contributed by atoms with Gasteiger partial charge < -0.3 is 30.1 Å². The molecule has 0 aliphatic carbocycles. The summed E-state index contributed by atoms with van der Waals surface area (Å²) in [6.45, 7) is 7.81. The van der Waals surface area contributed by atoms with Gasteiger partial charge in [-0.05, 0) is 45.0 Å². The first-order valence-electron chi connectivity index (χ1n) is 13.1. The third-order valence-electron chi connectivity index (χ3n) is 7.71. The van der Waals surface area contributed by atoms with Crippen molar-refractivity contribution < 1.29 is 14.3 Å². The van der Waals surface area contributed by atoms with Gasteiger partial charge in [0.15, 0.2) is 5.82 Å². The monoisotopic (exact) mass is 520 g/mol. The summed E-state index contributed by atoms with van der Waals surface area (Å²) in [5.41, 5.74) is 2.53. The molecule has 3 aliphatic heterocycles. The fourth-order valence-electron chi connectivity index (χ4n) is 5.25. The topological polar surface area (TPSA) is 106 Å². The van der Waals surface area contributed by atoms with Gasteiger partial charge in [0, 0.05) is 69.7 Å². The van der Waals surface area contributed by atoms with Gasteiger partial charge in [0.05, 0.1) is 19.0 Å². The number of likely N-dealkylation sites (N-methyl/N-ethyl adjacent to an activating group) is 1. The minimum absolute atomic E-state index is 0.0209. The number of hydrogen-bond acceptors (Lipinski definition) is 9. The maximum atomic E-state index is 13.3. The molecular formula is C27H36N8O3. The van der Waals surface area contributed by atoms with E-state index in [1.165, 1.54) is 6.08 Å². The molecule has 0 atom stereocenters. The van der Waals surface area contributed by atoms with Crippen LogP contribution in [-0.2, 0) is 4.79 Å². The molecule has 2 fully saturated rings. The van der Waals surface area contributed by atoms with E-state index in [4.69, 9.17) is 4.74 Å². The predicted molar refractivity (Wildman–Crippen MR) is 147 cm³/mol. The van der Waals surface area contributed by atoms with Crippen molar-refractivity contribution in [2.45, 2.75) is 25.8 Å². The van der Waals surface area contributed by atoms with Crippen LogP contribution in [0.1, 0.15) is 30.1 Å². The van der Waals surface area contributed by atoms with Crippen molar-refractivity contribution in [2.75, 3.05) is 76.0 Å². The second-order valence-corrected chi connectivity index (χ2v) is 10.2. The molecule has 0 spiro atoms. The molecule has 202 valence electrons. The van der Waals surface area contributed by atoms with Gasteiger partial charge in [0.1, 0.15) is 11.4 Å². The van der Waals surface area contributed by atoms with Crippen LogP contribution >= 0.6 is 0 Å². The van der Waals surface area contributed by atoms with E-state index < -0.39 is 0 Å². The van der Waals surface area contributed by atoms with Crippen LogP contribution in [0.5, 0.6) is 5.75 Å². The smallest absolute Gasteiger partial charge is 0.253 e. The van der Waals surface area contributed by atoms with Gasteiger partial charge in [-0.3, -0.25) is 14.5 Å². The van der Waals surface area contributed by atoms with Crippen LogP contribution in [0.15, 0.2) is 36.2 Å². The van der Waals surface area contributed by atoms with E-state index in [2.05, 4.69) is 37.4 Å². The molecule has 2 aromatic rings. The summed E-state index contributed by atoms with van der Waals surface area (Å²) in [7, 11) is 5.59. The predicted octanol–water partition coefficient (Wildman–Crippen LogP) is 2.37. The van der Waals surface area contributed by atoms with Crippen LogP contribution in [0.2, 0.25) is 0 Å². The molecule has 0 saturated carbocycles. The number of rotatable bonds is 5. The summed E-state index contributed by atoms with van der Waals surface area (Å²) in [6, 6.07) is 5.94. The van der Waals surface area contributed by atoms with Crippen molar-refractivity contribution in [1.82, 2.24) is 24.7 Å². The number of nitrogens with zero attached hydrogens (tertiary/aromatic N) is 6. The van der Waals surface area contributed by atoms with Crippen molar-refractivity contribution in [3.05, 3.63) is 41.7 Å². The summed E-state index contributed by atoms with van der Waals surface area (Å²) in [4.78, 5) is 43.0. The highest BCUT2D eigenvalue weighted by atomic mass is 16.5. The third kappa shape index (κ3) is 5.44. The zero-order chi connectivity index (χ0) is 26.8. The van der Waals surface area contributed by atoms with Gasteiger partial charge in [0.2, 0.25) is 11.9 Å². The van der Waals surface area contributed by atoms with Crippen molar-refractivity contribution in [1.29, 1.82) is 0 Å². The first-order chi connectivity index (χ1) is 18.3. The van der Waals surface area contributed by atoms with E-state index in [1.54, 1.807) is 19.4 Å². The minimum Gasteiger partial charge on any atom is -0.495 e. The molecule has 5 rings (SSSR count). The van der Waals surface area contributed by atoms with Gasteiger partial charge in [-0.2, -0.15) is 4.98 Å². The highest BCUT2D eigenvalue weighted by molar-refractivity contribution is 6.03. The van der Waals surface area contributed by atoms with E-state index >= 15 is 0 Å². The fourth-order valence-corrected chi connectivity index (χ4v) is 5.25. The Bertz CT molecular complexity index is 1230. The first-order valence-corrected chi connectivity index (χ1v) is 13.1. The number of piperidine rings is 1. The molecular weight excluding hydrogens is 484 g/mol. The number of allylic oxidation sites excluding steroid dienone is 1. The number of carbonyl (C=O) groups excluding carboxylic acids is 2. The number of fused-ring (bicyclic) bond motifs is 1. The molecule has 0 bridgehead atoms. The van der Waals surface area contributed by atoms with Crippen molar-refractivity contribution in [3.8, 4) is 5.75 Å². The van der Waals surface area contributed by atoms with Crippen LogP contribution in [0.25, 0.3) is 0 Å². The van der Waals surface area contributed by atoms with Gasteiger partial charge in [-0.15, -0.1) is 0 Å². The zero-order valence-corrected chi connectivity index (χ0v) is 22.5. The van der Waals surface area contributed by atoms with Crippen molar-refractivity contribution in [3.63, 3.8) is 0 Å². The Balaban J connectivity index is 1.26. The molecule has 1 aromatic carbocycles. The SMILES string of the molecule is COc1cc(C(=O)N2CCC(N3CCN(C)CC3)CC2)ccc1Nc1ncc2c(n1)N(C)C(C)=CC(=O)N2. The number of anilines is 4. The molecule has 11 heteroatoms. The van der Waals surface area contributed by atoms with Crippen LogP contribution in [-0.4, -0.2) is 103 Å². The molecule has 38 heavy (non-hydrogen) atoms. The molecule has 2 amide bonds. The van der Waals surface area contributed by atoms with Crippen molar-refractivity contribution in [2.24, 2.45) is 0 Å². The van der Waals surface area contributed by atoms with Gasteiger partial charge in [0.25, 0.3) is 5.91 Å². The van der Waals surface area contributed by atoms with Gasteiger partial charge in [-0.25, -0.2) is 4.98 Å². The Morgan fingerprint density at radius 3 is 2.55 bits per heavy atom. The largest absolute Gasteiger partial charge is 0.495 e. The van der Waals surface area contributed by atoms with Crippen LogP contribution in [0, 0.1) is 0 Å². The third-order valence-corrected chi connectivity index (χ3v) is 7.71. The molecule has 2 saturated heterocycles. The lowest BCUT2D eigenvalue weighted by molar-refractivity contribution is -0.111. The second-order valence-electron chi connectivity index (χ2n) is 10.2. The quantitative estimate of drug-likeness (QED) is 0.615. The Kier molecular flexibility index (Phi) is 7.48. The summed E-state index contributed by atoms with van der Waals surface area (Å²) < 4.78 is 5.61. The number of amides is 2. The lowest BCUT2D eigenvalue weighted by Gasteiger charge is -2.42. The Morgan fingerprint density at radius 1 is 1.11 bits per heavy atom. The maximum Gasteiger partial charge on any atom is 0.253 e. The number of nitrogens with one attached hydrogen (secondary N) is 2. The van der Waals surface area contributed by atoms with Crippen LogP contribution in [0.4, 0.5) is 23.1 Å². The number of piperazine rings is 1. The van der Waals surface area contributed by atoms with E-state index in [-0.39, 0.29) is 11.8 Å². The molecule has 3 aliphatic rings. The standard InChI is InChI=1S/C27H36N8O3/c1-18-15-24(36)29-22-17-28-27(31-25(22)33(18)3)30-21-6-5-19(16-23(21)38-4)26(37)35-9-7-20(8-10-35)34-13-11-32(2)12-14-34/h5-6,15-17,20H,7-14H2,1-4H3,(H,29,36)(H,28,30,31). The molecule has 11 nitrogen and oxygen atoms in total. The number of likely N-dealkylation sites (tertiary alicyclic amines) is 1. The van der Waals surface area contributed by atoms with E-state index in [1.807, 2.05) is 35.9 Å². The number of benzene rings is 1. The van der Waals surface area contributed by atoms with Crippen LogP contribution in [0.3, 0.4) is 0 Å². The summed E-state index contributed by atoms with van der Waals surface area (Å²) >= 11 is 0. The molecule has 2 N–H and O–H groups in total. The number of methoxy groups -OCH3 is 1. The van der Waals surface area contributed by atoms with E-state index in [0.29, 0.717) is 40.5 Å². The molecule has 0 unspecified atom stereocenters. The highest BCUT2D eigenvalue weighted by Gasteiger charge is 2.29. The zero-order valence-electron chi connectivity index (χ0n) is 22.5. The lowest BCUT2D eigenvalue weighted by Crippen LogP contribution is -2.52. The van der Waals surface area contributed by atoms with Crippen molar-refractivity contribution >= 4 is 35.0 Å². The lowest BCUT2D eigenvalue weighted by atomic mass is 10.0. The van der Waals surface area contributed by atoms with Gasteiger partial charge >= 0.3 is 0 Å². The highest BCUT2D eigenvalue weighted by Crippen LogP contribution is 2.32. The normalized spacial score (nSPS) is 19.4. The summed E-state index contributed by atoms with van der Waals surface area (Å²) in [5.74, 6) is 1.26. The molecule has 0 radical (unpaired) electrons. The number of hydrogen-bond donors (Lipinski definition) is 2. The average Bonchev–Trinajstić information content (AvgIpc) is 3.03. The summed E-state index contributed by atoms with van der Waals surface area (Å²) in [5, 5.41) is 5.98.